The van der Waals surface area contributed by atoms with Crippen LogP contribution >= 0.6 is 35.3 Å². The Bertz CT molecular complexity index is 457. The number of aliphatic imine (C=N–C) groups is 1. The summed E-state index contributed by atoms with van der Waals surface area (Å²) in [5.74, 6) is 1.65. The Labute approximate surface area is 156 Å². The second-order valence-electron chi connectivity index (χ2n) is 6.01. The topological polar surface area (TPSA) is 49.3 Å². The molecule has 0 saturated heterocycles. The summed E-state index contributed by atoms with van der Waals surface area (Å²) in [6, 6.07) is 0.450. The molecule has 0 radical (unpaired) electrons. The smallest absolute Gasteiger partial charge is 0.191 e. The van der Waals surface area contributed by atoms with Crippen molar-refractivity contribution in [1.82, 2.24) is 15.6 Å². The molecule has 0 aliphatic heterocycles. The van der Waals surface area contributed by atoms with E-state index in [9.17, 15) is 0 Å². The largest absolute Gasteiger partial charge is 0.356 e. The van der Waals surface area contributed by atoms with Gasteiger partial charge >= 0.3 is 0 Å². The molecule has 1 aromatic heterocycles. The lowest BCUT2D eigenvalue weighted by atomic mass is 10.0. The van der Waals surface area contributed by atoms with Gasteiger partial charge in [-0.15, -0.1) is 35.3 Å². The maximum atomic E-state index is 4.46. The van der Waals surface area contributed by atoms with E-state index in [4.69, 9.17) is 0 Å². The maximum absolute atomic E-state index is 4.46. The number of hydrogen-bond donors (Lipinski definition) is 2. The van der Waals surface area contributed by atoms with E-state index in [1.807, 2.05) is 7.05 Å². The lowest BCUT2D eigenvalue weighted by Gasteiger charge is -2.18. The Hall–Kier alpha value is -0.370. The van der Waals surface area contributed by atoms with Gasteiger partial charge in [-0.05, 0) is 39.5 Å². The summed E-state index contributed by atoms with van der Waals surface area (Å²) in [7, 11) is 1.83. The van der Waals surface area contributed by atoms with E-state index >= 15 is 0 Å². The van der Waals surface area contributed by atoms with Gasteiger partial charge in [0, 0.05) is 30.9 Å². The van der Waals surface area contributed by atoms with Gasteiger partial charge in [0.05, 0.1) is 10.7 Å². The molecule has 0 aromatic carbocycles. The Kier molecular flexibility index (Phi) is 11.0. The van der Waals surface area contributed by atoms with Gasteiger partial charge in [0.25, 0.3) is 0 Å². The van der Waals surface area contributed by atoms with Crippen molar-refractivity contribution in [3.8, 4) is 0 Å². The molecule has 0 amide bonds. The van der Waals surface area contributed by atoms with Crippen molar-refractivity contribution in [2.24, 2.45) is 10.9 Å². The molecular weight excluding hydrogens is 407 g/mol. The predicted octanol–water partition coefficient (Wildman–Crippen LogP) is 3.91. The molecule has 2 N–H and O–H groups in total. The second-order valence-corrected chi connectivity index (χ2v) is 7.29. The molecule has 1 rings (SSSR count). The molecule has 6 heteroatoms. The molecule has 0 aliphatic rings. The number of aryl methyl sites for hydroxylation is 2. The lowest BCUT2D eigenvalue weighted by molar-refractivity contribution is 0.489. The molecule has 128 valence electrons. The molecule has 0 saturated carbocycles. The molecule has 0 bridgehead atoms. The third-order valence-corrected chi connectivity index (χ3v) is 4.56. The van der Waals surface area contributed by atoms with Gasteiger partial charge in [-0.1, -0.05) is 13.8 Å². The second kappa shape index (κ2) is 11.2. The van der Waals surface area contributed by atoms with Gasteiger partial charge in [0.2, 0.25) is 0 Å². The van der Waals surface area contributed by atoms with Crippen LogP contribution in [0.25, 0.3) is 0 Å². The highest BCUT2D eigenvalue weighted by Crippen LogP contribution is 2.17. The third-order valence-electron chi connectivity index (χ3n) is 3.43. The molecule has 1 atom stereocenters. The first-order valence-corrected chi connectivity index (χ1v) is 8.64. The van der Waals surface area contributed by atoms with Crippen molar-refractivity contribution < 1.29 is 0 Å². The van der Waals surface area contributed by atoms with E-state index in [0.717, 1.165) is 35.5 Å². The summed E-state index contributed by atoms with van der Waals surface area (Å²) in [6.45, 7) is 11.8. The Balaban J connectivity index is 0.00000441. The van der Waals surface area contributed by atoms with Gasteiger partial charge in [0.1, 0.15) is 0 Å². The number of nitrogens with one attached hydrogen (secondary N) is 2. The molecular formula is C16H31IN4S. The summed E-state index contributed by atoms with van der Waals surface area (Å²) in [6.07, 6.45) is 3.41. The number of halogens is 1. The molecule has 1 aromatic rings. The summed E-state index contributed by atoms with van der Waals surface area (Å²) in [4.78, 5) is 10.1. The summed E-state index contributed by atoms with van der Waals surface area (Å²) < 4.78 is 0. The molecule has 1 heterocycles. The number of guanidine groups is 1. The number of aromatic nitrogens is 1. The van der Waals surface area contributed by atoms with Gasteiger partial charge in [-0.25, -0.2) is 4.98 Å². The monoisotopic (exact) mass is 438 g/mol. The van der Waals surface area contributed by atoms with Crippen LogP contribution in [0.1, 0.15) is 49.2 Å². The van der Waals surface area contributed by atoms with Crippen LogP contribution < -0.4 is 10.6 Å². The Morgan fingerprint density at radius 1 is 1.23 bits per heavy atom. The summed E-state index contributed by atoms with van der Waals surface area (Å²) in [5, 5.41) is 7.99. The molecule has 1 unspecified atom stereocenters. The van der Waals surface area contributed by atoms with Crippen LogP contribution in [-0.2, 0) is 6.42 Å². The number of nitrogens with zero attached hydrogens (tertiary/aromatic N) is 2. The molecule has 0 aliphatic carbocycles. The van der Waals surface area contributed by atoms with Crippen LogP contribution in [0.5, 0.6) is 0 Å². The van der Waals surface area contributed by atoms with Crippen LogP contribution in [0, 0.1) is 19.8 Å². The predicted molar refractivity (Wildman–Crippen MR) is 109 cm³/mol. The average Bonchev–Trinajstić information content (AvgIpc) is 2.73. The Morgan fingerprint density at radius 3 is 2.41 bits per heavy atom. The molecule has 22 heavy (non-hydrogen) atoms. The highest BCUT2D eigenvalue weighted by Gasteiger charge is 2.08. The SMILES string of the molecule is CN=C(NCCc1sc(C)nc1C)NC(C)CCC(C)C.I. The zero-order chi connectivity index (χ0) is 15.8. The van der Waals surface area contributed by atoms with Crippen molar-refractivity contribution in [3.05, 3.63) is 15.6 Å². The minimum Gasteiger partial charge on any atom is -0.356 e. The highest BCUT2D eigenvalue weighted by atomic mass is 127. The zero-order valence-electron chi connectivity index (χ0n) is 14.7. The quantitative estimate of drug-likeness (QED) is 0.386. The first-order chi connectivity index (χ1) is 9.92. The van der Waals surface area contributed by atoms with Gasteiger partial charge in [-0.2, -0.15) is 0 Å². The van der Waals surface area contributed by atoms with E-state index in [-0.39, 0.29) is 24.0 Å². The van der Waals surface area contributed by atoms with Gasteiger partial charge < -0.3 is 10.6 Å². The van der Waals surface area contributed by atoms with Crippen LogP contribution in [0.2, 0.25) is 0 Å². The Morgan fingerprint density at radius 2 is 1.91 bits per heavy atom. The first-order valence-electron chi connectivity index (χ1n) is 7.82. The lowest BCUT2D eigenvalue weighted by Crippen LogP contribution is -2.43. The van der Waals surface area contributed by atoms with E-state index in [1.54, 1.807) is 11.3 Å². The van der Waals surface area contributed by atoms with Gasteiger partial charge in [-0.3, -0.25) is 4.99 Å². The van der Waals surface area contributed by atoms with Gasteiger partial charge in [0.15, 0.2) is 5.96 Å². The standard InChI is InChI=1S/C16H30N4S.HI/c1-11(2)7-8-12(3)19-16(17-6)18-10-9-15-13(4)20-14(5)21-15;/h11-12H,7-10H2,1-6H3,(H2,17,18,19);1H. The van der Waals surface area contributed by atoms with Crippen molar-refractivity contribution in [2.45, 2.75) is 59.9 Å². The fourth-order valence-corrected chi connectivity index (χ4v) is 3.12. The van der Waals surface area contributed by atoms with Crippen LogP contribution in [0.4, 0.5) is 0 Å². The van der Waals surface area contributed by atoms with Crippen LogP contribution in [-0.4, -0.2) is 30.6 Å². The number of rotatable bonds is 7. The van der Waals surface area contributed by atoms with E-state index in [2.05, 4.69) is 55.2 Å². The summed E-state index contributed by atoms with van der Waals surface area (Å²) >= 11 is 1.79. The maximum Gasteiger partial charge on any atom is 0.191 e. The fraction of sp³-hybridized carbons (Fsp3) is 0.750. The van der Waals surface area contributed by atoms with Crippen LogP contribution in [0.15, 0.2) is 4.99 Å². The van der Waals surface area contributed by atoms with E-state index < -0.39 is 0 Å². The van der Waals surface area contributed by atoms with Crippen molar-refractivity contribution >= 4 is 41.3 Å². The van der Waals surface area contributed by atoms with E-state index in [0.29, 0.717) is 6.04 Å². The minimum atomic E-state index is 0. The molecule has 0 spiro atoms. The number of thiazole rings is 1. The van der Waals surface area contributed by atoms with Crippen molar-refractivity contribution in [3.63, 3.8) is 0 Å². The summed E-state index contributed by atoms with van der Waals surface area (Å²) in [5.41, 5.74) is 1.16. The van der Waals surface area contributed by atoms with Crippen molar-refractivity contribution in [1.29, 1.82) is 0 Å². The fourth-order valence-electron chi connectivity index (χ4n) is 2.18. The van der Waals surface area contributed by atoms with Crippen molar-refractivity contribution in [2.75, 3.05) is 13.6 Å². The zero-order valence-corrected chi connectivity index (χ0v) is 17.8. The third kappa shape index (κ3) is 8.31. The molecule has 4 nitrogen and oxygen atoms in total. The highest BCUT2D eigenvalue weighted by molar-refractivity contribution is 14.0. The normalized spacial score (nSPS) is 13.0. The molecule has 0 fully saturated rings. The average molecular weight is 438 g/mol. The first kappa shape index (κ1) is 21.6. The van der Waals surface area contributed by atoms with E-state index in [1.165, 1.54) is 17.7 Å². The van der Waals surface area contributed by atoms with Crippen LogP contribution in [0.3, 0.4) is 0 Å². The minimum absolute atomic E-state index is 0. The number of hydrogen-bond acceptors (Lipinski definition) is 3.